The number of hydrogen-bond donors (Lipinski definition) is 1. The Balaban J connectivity index is 1.27. The molecule has 1 aliphatic heterocycles. The minimum atomic E-state index is -3.70. The number of amides is 1. The molecule has 2 heterocycles. The molecule has 164 valence electrons. The number of nitrogens with zero attached hydrogens (tertiary/aromatic N) is 2. The van der Waals surface area contributed by atoms with Gasteiger partial charge < -0.3 is 5.32 Å². The Morgan fingerprint density at radius 3 is 2.50 bits per heavy atom. The van der Waals surface area contributed by atoms with Gasteiger partial charge in [0.05, 0.1) is 15.1 Å². The van der Waals surface area contributed by atoms with Gasteiger partial charge in [0.2, 0.25) is 15.9 Å². The first-order valence-electron chi connectivity index (χ1n) is 10.3. The molecule has 32 heavy (non-hydrogen) atoms. The van der Waals surface area contributed by atoms with E-state index in [1.54, 1.807) is 0 Å². The van der Waals surface area contributed by atoms with Gasteiger partial charge in [0.25, 0.3) is 0 Å². The van der Waals surface area contributed by atoms with Crippen LogP contribution in [0.5, 0.6) is 0 Å². The van der Waals surface area contributed by atoms with Crippen molar-refractivity contribution >= 4 is 53.4 Å². The van der Waals surface area contributed by atoms with Crippen molar-refractivity contribution in [2.24, 2.45) is 5.92 Å². The smallest absolute Gasteiger partial charge is 0.243 e. The number of benzene rings is 3. The zero-order valence-electron chi connectivity index (χ0n) is 17.0. The fourth-order valence-electron chi connectivity index (χ4n) is 4.04. The highest BCUT2D eigenvalue weighted by Crippen LogP contribution is 2.32. The number of fused-ring (bicyclic) bond motifs is 3. The first kappa shape index (κ1) is 21.0. The maximum Gasteiger partial charge on any atom is 0.243 e. The quantitative estimate of drug-likeness (QED) is 0.473. The molecule has 0 atom stereocenters. The maximum absolute atomic E-state index is 13.1. The van der Waals surface area contributed by atoms with E-state index in [1.807, 2.05) is 36.4 Å². The second-order valence-electron chi connectivity index (χ2n) is 7.77. The van der Waals surface area contributed by atoms with Crippen LogP contribution in [-0.2, 0) is 14.8 Å². The number of thiazole rings is 1. The van der Waals surface area contributed by atoms with Crippen molar-refractivity contribution in [3.63, 3.8) is 0 Å². The van der Waals surface area contributed by atoms with Crippen molar-refractivity contribution in [3.8, 4) is 0 Å². The highest BCUT2D eigenvalue weighted by Gasteiger charge is 2.32. The summed E-state index contributed by atoms with van der Waals surface area (Å²) in [6.07, 6.45) is 0.833. The number of piperidine rings is 1. The van der Waals surface area contributed by atoms with Crippen molar-refractivity contribution in [2.45, 2.75) is 17.7 Å². The first-order valence-corrected chi connectivity index (χ1v) is 12.5. The Hall–Kier alpha value is -2.88. The Kier molecular flexibility index (Phi) is 5.40. The highest BCUT2D eigenvalue weighted by molar-refractivity contribution is 7.89. The molecule has 0 bridgehead atoms. The summed E-state index contributed by atoms with van der Waals surface area (Å²) in [5.41, 5.74) is 0.864. The van der Waals surface area contributed by atoms with Gasteiger partial charge in [0, 0.05) is 24.4 Å². The minimum Gasteiger partial charge on any atom is -0.302 e. The molecule has 1 amide bonds. The van der Waals surface area contributed by atoms with Crippen molar-refractivity contribution in [2.75, 3.05) is 18.4 Å². The number of carbonyl (C=O) groups excluding carboxylic acids is 1. The predicted molar refractivity (Wildman–Crippen MR) is 124 cm³/mol. The Morgan fingerprint density at radius 2 is 1.75 bits per heavy atom. The van der Waals surface area contributed by atoms with Gasteiger partial charge in [-0.05, 0) is 48.6 Å². The first-order chi connectivity index (χ1) is 15.4. The summed E-state index contributed by atoms with van der Waals surface area (Å²) in [6, 6.07) is 16.8. The Morgan fingerprint density at radius 1 is 1.03 bits per heavy atom. The van der Waals surface area contributed by atoms with E-state index in [0.29, 0.717) is 18.0 Å². The second kappa shape index (κ2) is 8.23. The van der Waals surface area contributed by atoms with Gasteiger partial charge >= 0.3 is 0 Å². The van der Waals surface area contributed by atoms with E-state index in [0.717, 1.165) is 33.1 Å². The lowest BCUT2D eigenvalue weighted by Gasteiger charge is -2.30. The van der Waals surface area contributed by atoms with Gasteiger partial charge in [0.15, 0.2) is 5.13 Å². The normalized spacial score (nSPS) is 15.9. The lowest BCUT2D eigenvalue weighted by atomic mass is 9.97. The van der Waals surface area contributed by atoms with E-state index in [9.17, 15) is 17.6 Å². The number of hydrogen-bond acceptors (Lipinski definition) is 5. The molecule has 4 aromatic rings. The number of sulfonamides is 1. The number of nitrogens with one attached hydrogen (secondary N) is 1. The number of halogens is 1. The number of rotatable bonds is 4. The van der Waals surface area contributed by atoms with E-state index in [2.05, 4.69) is 10.3 Å². The molecule has 1 aliphatic rings. The zero-order chi connectivity index (χ0) is 22.3. The molecule has 0 saturated carbocycles. The lowest BCUT2D eigenvalue weighted by molar-refractivity contribution is -0.120. The molecule has 5 rings (SSSR count). The summed E-state index contributed by atoms with van der Waals surface area (Å²) >= 11 is 1.43. The van der Waals surface area contributed by atoms with Crippen molar-refractivity contribution in [1.29, 1.82) is 0 Å². The summed E-state index contributed by atoms with van der Waals surface area (Å²) in [6.45, 7) is 0.477. The molecule has 1 saturated heterocycles. The molecule has 1 aromatic heterocycles. The average Bonchev–Trinajstić information content (AvgIpc) is 3.22. The monoisotopic (exact) mass is 469 g/mol. The number of aromatic nitrogens is 1. The summed E-state index contributed by atoms with van der Waals surface area (Å²) in [7, 11) is -3.70. The van der Waals surface area contributed by atoms with Crippen LogP contribution >= 0.6 is 11.3 Å². The predicted octanol–water partition coefficient (Wildman–Crippen LogP) is 4.63. The SMILES string of the molecule is O=C(Nc1nc2c(ccc3ccccc32)s1)C1CCN(S(=O)(=O)c2ccc(F)cc2)CC1. The van der Waals surface area contributed by atoms with E-state index >= 15 is 0 Å². The van der Waals surface area contributed by atoms with Crippen LogP contribution in [0.25, 0.3) is 21.0 Å². The summed E-state index contributed by atoms with van der Waals surface area (Å²) < 4.78 is 41.0. The number of carbonyl (C=O) groups is 1. The van der Waals surface area contributed by atoms with Crippen LogP contribution in [-0.4, -0.2) is 36.7 Å². The average molecular weight is 470 g/mol. The molecular formula is C23H20FN3O3S2. The fourth-order valence-corrected chi connectivity index (χ4v) is 6.39. The standard InChI is InChI=1S/C23H20FN3O3S2/c24-17-6-8-18(9-7-17)32(29,30)27-13-11-16(12-14-27)22(28)26-23-25-21-19-4-2-1-3-15(19)5-10-20(21)31-23/h1-10,16H,11-14H2,(H,25,26,28). The second-order valence-corrected chi connectivity index (χ2v) is 10.7. The molecule has 1 fully saturated rings. The van der Waals surface area contributed by atoms with Crippen LogP contribution in [0.1, 0.15) is 12.8 Å². The van der Waals surface area contributed by atoms with Crippen LogP contribution in [0.15, 0.2) is 65.6 Å². The molecule has 0 unspecified atom stereocenters. The zero-order valence-corrected chi connectivity index (χ0v) is 18.6. The molecule has 1 N–H and O–H groups in total. The maximum atomic E-state index is 13.1. The third-order valence-corrected chi connectivity index (χ3v) is 8.64. The van der Waals surface area contributed by atoms with Gasteiger partial charge in [-0.2, -0.15) is 4.31 Å². The van der Waals surface area contributed by atoms with E-state index in [4.69, 9.17) is 0 Å². The summed E-state index contributed by atoms with van der Waals surface area (Å²) in [5, 5.41) is 5.60. The highest BCUT2D eigenvalue weighted by atomic mass is 32.2. The topological polar surface area (TPSA) is 79.4 Å². The van der Waals surface area contributed by atoms with Gasteiger partial charge in [-0.3, -0.25) is 4.79 Å². The Bertz CT molecular complexity index is 1410. The van der Waals surface area contributed by atoms with Gasteiger partial charge in [-0.15, -0.1) is 0 Å². The molecule has 3 aromatic carbocycles. The Labute approximate surface area is 188 Å². The molecule has 6 nitrogen and oxygen atoms in total. The van der Waals surface area contributed by atoms with Crippen molar-refractivity contribution in [3.05, 3.63) is 66.5 Å². The summed E-state index contributed by atoms with van der Waals surface area (Å²) in [5.74, 6) is -0.923. The van der Waals surface area contributed by atoms with Crippen LogP contribution in [0.4, 0.5) is 9.52 Å². The van der Waals surface area contributed by atoms with Gasteiger partial charge in [0.1, 0.15) is 5.82 Å². The molecule has 9 heteroatoms. The number of anilines is 1. The van der Waals surface area contributed by atoms with Gasteiger partial charge in [-0.1, -0.05) is 41.7 Å². The molecular weight excluding hydrogens is 449 g/mol. The lowest BCUT2D eigenvalue weighted by Crippen LogP contribution is -2.41. The largest absolute Gasteiger partial charge is 0.302 e. The van der Waals surface area contributed by atoms with E-state index < -0.39 is 15.8 Å². The molecule has 0 aliphatic carbocycles. The van der Waals surface area contributed by atoms with Crippen LogP contribution in [0.2, 0.25) is 0 Å². The summed E-state index contributed by atoms with van der Waals surface area (Å²) in [4.78, 5) is 17.5. The van der Waals surface area contributed by atoms with E-state index in [-0.39, 0.29) is 29.8 Å². The molecule has 0 spiro atoms. The van der Waals surface area contributed by atoms with Gasteiger partial charge in [-0.25, -0.2) is 17.8 Å². The van der Waals surface area contributed by atoms with Crippen molar-refractivity contribution in [1.82, 2.24) is 9.29 Å². The third kappa shape index (κ3) is 3.87. The van der Waals surface area contributed by atoms with Crippen LogP contribution in [0.3, 0.4) is 0 Å². The minimum absolute atomic E-state index is 0.0588. The third-order valence-electron chi connectivity index (χ3n) is 5.79. The van der Waals surface area contributed by atoms with Crippen LogP contribution in [0, 0.1) is 11.7 Å². The molecule has 0 radical (unpaired) electrons. The van der Waals surface area contributed by atoms with E-state index in [1.165, 1.54) is 27.8 Å². The fraction of sp³-hybridized carbons (Fsp3) is 0.217. The van der Waals surface area contributed by atoms with Crippen LogP contribution < -0.4 is 5.32 Å². The van der Waals surface area contributed by atoms with Crippen molar-refractivity contribution < 1.29 is 17.6 Å².